The molecule has 2 nitrogen and oxygen atoms in total. The molecule has 1 aromatic rings. The first-order chi connectivity index (χ1) is 8.04. The molecule has 0 fully saturated rings. The zero-order valence-electron chi connectivity index (χ0n) is 11.2. The van der Waals surface area contributed by atoms with E-state index in [0.717, 1.165) is 17.9 Å². The minimum absolute atomic E-state index is 0.354. The summed E-state index contributed by atoms with van der Waals surface area (Å²) in [6.07, 6.45) is 1.14. The first-order valence-electron chi connectivity index (χ1n) is 5.91. The number of benzene rings is 1. The maximum absolute atomic E-state index is 5.35. The topological polar surface area (TPSA) is 18.5 Å². The third-order valence-corrected chi connectivity index (χ3v) is 4.61. The summed E-state index contributed by atoms with van der Waals surface area (Å²) < 4.78 is 10.6. The number of hydrogen-bond acceptors (Lipinski definition) is 2. The van der Waals surface area contributed by atoms with Gasteiger partial charge in [0.1, 0.15) is 0 Å². The van der Waals surface area contributed by atoms with Crippen LogP contribution in [0.5, 0.6) is 11.5 Å². The SMILES string of the molecule is CCC(C)C(Br)c1cc(OC)c(OC)cc1C. The van der Waals surface area contributed by atoms with Gasteiger partial charge in [0, 0.05) is 4.83 Å². The van der Waals surface area contributed by atoms with E-state index in [9.17, 15) is 0 Å². The largest absolute Gasteiger partial charge is 0.493 e. The zero-order chi connectivity index (χ0) is 13.0. The van der Waals surface area contributed by atoms with Crippen LogP contribution in [0.4, 0.5) is 0 Å². The van der Waals surface area contributed by atoms with Crippen molar-refractivity contribution < 1.29 is 9.47 Å². The number of hydrogen-bond donors (Lipinski definition) is 0. The molecule has 0 radical (unpaired) electrons. The Morgan fingerprint density at radius 2 is 1.71 bits per heavy atom. The molecule has 1 rings (SSSR count). The van der Waals surface area contributed by atoms with Crippen LogP contribution < -0.4 is 9.47 Å². The van der Waals surface area contributed by atoms with E-state index in [-0.39, 0.29) is 0 Å². The summed E-state index contributed by atoms with van der Waals surface area (Å²) in [6, 6.07) is 4.10. The highest BCUT2D eigenvalue weighted by molar-refractivity contribution is 9.09. The quantitative estimate of drug-likeness (QED) is 0.746. The molecule has 2 atom stereocenters. The Labute approximate surface area is 112 Å². The van der Waals surface area contributed by atoms with E-state index in [4.69, 9.17) is 9.47 Å². The standard InChI is InChI=1S/C14H21BrO2/c1-6-9(2)14(15)11-8-13(17-5)12(16-4)7-10(11)3/h7-9,14H,6H2,1-5H3. The van der Waals surface area contributed by atoms with Gasteiger partial charge in [-0.05, 0) is 36.1 Å². The second-order valence-electron chi connectivity index (χ2n) is 4.35. The average Bonchev–Trinajstić information content (AvgIpc) is 2.36. The van der Waals surface area contributed by atoms with Gasteiger partial charge in [-0.25, -0.2) is 0 Å². The lowest BCUT2D eigenvalue weighted by Crippen LogP contribution is -2.05. The molecule has 0 aromatic heterocycles. The van der Waals surface area contributed by atoms with Crippen molar-refractivity contribution in [2.75, 3.05) is 14.2 Å². The summed E-state index contributed by atoms with van der Waals surface area (Å²) in [7, 11) is 3.33. The third-order valence-electron chi connectivity index (χ3n) is 3.21. The number of aryl methyl sites for hydroxylation is 1. The van der Waals surface area contributed by atoms with E-state index < -0.39 is 0 Å². The summed E-state index contributed by atoms with van der Waals surface area (Å²) in [5.41, 5.74) is 2.50. The Bertz CT molecular complexity index is 377. The van der Waals surface area contributed by atoms with Gasteiger partial charge in [-0.1, -0.05) is 36.2 Å². The maximum Gasteiger partial charge on any atom is 0.161 e. The number of rotatable bonds is 5. The zero-order valence-corrected chi connectivity index (χ0v) is 12.8. The molecule has 0 aliphatic rings. The summed E-state index contributed by atoms with van der Waals surface area (Å²) >= 11 is 3.78. The first kappa shape index (κ1) is 14.4. The molecule has 0 spiro atoms. The predicted molar refractivity (Wildman–Crippen MR) is 75.4 cm³/mol. The van der Waals surface area contributed by atoms with Crippen LogP contribution in [-0.2, 0) is 0 Å². The molecule has 0 heterocycles. The molecule has 0 saturated heterocycles. The number of ether oxygens (including phenoxy) is 2. The Hall–Kier alpha value is -0.700. The highest BCUT2D eigenvalue weighted by Crippen LogP contribution is 2.39. The minimum Gasteiger partial charge on any atom is -0.493 e. The van der Waals surface area contributed by atoms with Gasteiger partial charge in [-0.2, -0.15) is 0 Å². The van der Waals surface area contributed by atoms with Crippen LogP contribution in [0.1, 0.15) is 36.2 Å². The molecule has 0 aliphatic heterocycles. The van der Waals surface area contributed by atoms with E-state index >= 15 is 0 Å². The lowest BCUT2D eigenvalue weighted by Gasteiger charge is -2.21. The number of methoxy groups -OCH3 is 2. The Balaban J connectivity index is 3.16. The van der Waals surface area contributed by atoms with Gasteiger partial charge in [0.15, 0.2) is 11.5 Å². The molecule has 0 aliphatic carbocycles. The van der Waals surface area contributed by atoms with Gasteiger partial charge in [0.05, 0.1) is 14.2 Å². The van der Waals surface area contributed by atoms with Crippen LogP contribution in [0.2, 0.25) is 0 Å². The fourth-order valence-electron chi connectivity index (χ4n) is 1.81. The Morgan fingerprint density at radius 3 is 2.18 bits per heavy atom. The fourth-order valence-corrected chi connectivity index (χ4v) is 2.67. The maximum atomic E-state index is 5.35. The minimum atomic E-state index is 0.354. The van der Waals surface area contributed by atoms with Gasteiger partial charge in [0.2, 0.25) is 0 Å². The smallest absolute Gasteiger partial charge is 0.161 e. The van der Waals surface area contributed by atoms with E-state index in [1.54, 1.807) is 14.2 Å². The number of halogens is 1. The predicted octanol–water partition coefficient (Wildman–Crippen LogP) is 4.49. The van der Waals surface area contributed by atoms with Gasteiger partial charge < -0.3 is 9.47 Å². The monoisotopic (exact) mass is 300 g/mol. The fraction of sp³-hybridized carbons (Fsp3) is 0.571. The van der Waals surface area contributed by atoms with Gasteiger partial charge >= 0.3 is 0 Å². The summed E-state index contributed by atoms with van der Waals surface area (Å²) in [6.45, 7) is 6.55. The highest BCUT2D eigenvalue weighted by atomic mass is 79.9. The lowest BCUT2D eigenvalue weighted by atomic mass is 9.95. The van der Waals surface area contributed by atoms with E-state index in [2.05, 4.69) is 42.8 Å². The van der Waals surface area contributed by atoms with Crippen LogP contribution >= 0.6 is 15.9 Å². The van der Waals surface area contributed by atoms with Gasteiger partial charge in [-0.3, -0.25) is 0 Å². The van der Waals surface area contributed by atoms with Crippen molar-refractivity contribution in [2.45, 2.75) is 32.0 Å². The molecular formula is C14H21BrO2. The Kier molecular flexibility index (Phi) is 5.31. The summed E-state index contributed by atoms with van der Waals surface area (Å²) in [4.78, 5) is 0.354. The molecule has 2 unspecified atom stereocenters. The second-order valence-corrected chi connectivity index (χ2v) is 5.34. The first-order valence-corrected chi connectivity index (χ1v) is 6.83. The molecule has 0 saturated carbocycles. The molecule has 0 N–H and O–H groups in total. The van der Waals surface area contributed by atoms with E-state index in [0.29, 0.717) is 10.7 Å². The van der Waals surface area contributed by atoms with Crippen molar-refractivity contribution in [1.82, 2.24) is 0 Å². The molecule has 96 valence electrons. The van der Waals surface area contributed by atoms with E-state index in [1.807, 2.05) is 6.07 Å². The Morgan fingerprint density at radius 1 is 1.18 bits per heavy atom. The molecule has 0 amide bonds. The van der Waals surface area contributed by atoms with Crippen LogP contribution in [-0.4, -0.2) is 14.2 Å². The van der Waals surface area contributed by atoms with E-state index in [1.165, 1.54) is 11.1 Å². The molecule has 17 heavy (non-hydrogen) atoms. The molecule has 0 bridgehead atoms. The third kappa shape index (κ3) is 3.15. The normalized spacial score (nSPS) is 14.2. The van der Waals surface area contributed by atoms with Crippen molar-refractivity contribution in [3.63, 3.8) is 0 Å². The average molecular weight is 301 g/mol. The number of alkyl halides is 1. The van der Waals surface area contributed by atoms with Crippen molar-refractivity contribution in [3.8, 4) is 11.5 Å². The molecule has 3 heteroatoms. The lowest BCUT2D eigenvalue weighted by molar-refractivity contribution is 0.354. The van der Waals surface area contributed by atoms with Crippen molar-refractivity contribution in [3.05, 3.63) is 23.3 Å². The van der Waals surface area contributed by atoms with Gasteiger partial charge in [-0.15, -0.1) is 0 Å². The summed E-state index contributed by atoms with van der Waals surface area (Å²) in [5.74, 6) is 2.17. The molecular weight excluding hydrogens is 280 g/mol. The van der Waals surface area contributed by atoms with Crippen LogP contribution in [0.25, 0.3) is 0 Å². The van der Waals surface area contributed by atoms with Gasteiger partial charge in [0.25, 0.3) is 0 Å². The van der Waals surface area contributed by atoms with Crippen LogP contribution in [0.3, 0.4) is 0 Å². The van der Waals surface area contributed by atoms with Crippen molar-refractivity contribution in [1.29, 1.82) is 0 Å². The van der Waals surface area contributed by atoms with Crippen molar-refractivity contribution >= 4 is 15.9 Å². The van der Waals surface area contributed by atoms with Crippen molar-refractivity contribution in [2.24, 2.45) is 5.92 Å². The molecule has 1 aromatic carbocycles. The van der Waals surface area contributed by atoms with Crippen LogP contribution in [0, 0.1) is 12.8 Å². The highest BCUT2D eigenvalue weighted by Gasteiger charge is 2.19. The summed E-state index contributed by atoms with van der Waals surface area (Å²) in [5, 5.41) is 0. The van der Waals surface area contributed by atoms with Crippen LogP contribution in [0.15, 0.2) is 12.1 Å². The second kappa shape index (κ2) is 6.29.